The highest BCUT2D eigenvalue weighted by molar-refractivity contribution is 5.92. The fraction of sp³-hybridized carbons (Fsp3) is 0.160. The largest absolute Gasteiger partial charge is 0.253 e. The van der Waals surface area contributed by atoms with Crippen LogP contribution in [0.1, 0.15) is 30.7 Å². The summed E-state index contributed by atoms with van der Waals surface area (Å²) in [5, 5.41) is 1.21. The van der Waals surface area contributed by atoms with Crippen molar-refractivity contribution in [3.8, 4) is 22.3 Å². The number of aromatic nitrogens is 1. The molecule has 3 aromatic carbocycles. The molecule has 0 bridgehead atoms. The van der Waals surface area contributed by atoms with E-state index in [0.717, 1.165) is 11.2 Å². The summed E-state index contributed by atoms with van der Waals surface area (Å²) in [7, 11) is 0. The quantitative estimate of drug-likeness (QED) is 0.386. The minimum atomic E-state index is -0.0188. The van der Waals surface area contributed by atoms with E-state index in [1.54, 1.807) is 0 Å². The van der Waals surface area contributed by atoms with E-state index in [1.165, 1.54) is 38.8 Å². The Balaban J connectivity index is 1.75. The van der Waals surface area contributed by atoms with Crippen molar-refractivity contribution in [1.82, 2.24) is 4.98 Å². The fourth-order valence-electron chi connectivity index (χ4n) is 4.26. The fourth-order valence-corrected chi connectivity index (χ4v) is 4.26. The monoisotopic (exact) mass is 335 g/mol. The summed E-state index contributed by atoms with van der Waals surface area (Å²) in [6.45, 7) is 6.71. The second-order valence-electron chi connectivity index (χ2n) is 7.79. The second-order valence-corrected chi connectivity index (χ2v) is 7.79. The molecule has 0 saturated carbocycles. The Morgan fingerprint density at radius 3 is 2.27 bits per heavy atom. The average Bonchev–Trinajstić information content (AvgIpc) is 2.87. The average molecular weight is 335 g/mol. The van der Waals surface area contributed by atoms with Gasteiger partial charge in [-0.05, 0) is 64.6 Å². The topological polar surface area (TPSA) is 12.9 Å². The zero-order valence-corrected chi connectivity index (χ0v) is 15.4. The summed E-state index contributed by atoms with van der Waals surface area (Å²) in [5.41, 5.74) is 10.2. The summed E-state index contributed by atoms with van der Waals surface area (Å²) in [6.07, 6.45) is 0. The molecule has 1 aliphatic carbocycles. The first kappa shape index (κ1) is 15.3. The van der Waals surface area contributed by atoms with Gasteiger partial charge in [-0.1, -0.05) is 62.4 Å². The van der Waals surface area contributed by atoms with Crippen LogP contribution >= 0.6 is 0 Å². The first-order chi connectivity index (χ1) is 12.5. The van der Waals surface area contributed by atoms with Gasteiger partial charge < -0.3 is 0 Å². The molecule has 1 aromatic heterocycles. The van der Waals surface area contributed by atoms with E-state index in [4.69, 9.17) is 4.98 Å². The van der Waals surface area contributed by atoms with Gasteiger partial charge in [0.1, 0.15) is 0 Å². The molecule has 1 heteroatoms. The number of hydrogen-bond acceptors (Lipinski definition) is 1. The van der Waals surface area contributed by atoms with Crippen molar-refractivity contribution < 1.29 is 0 Å². The Kier molecular flexibility index (Phi) is 3.12. The molecule has 0 atom stereocenters. The van der Waals surface area contributed by atoms with Crippen molar-refractivity contribution in [1.29, 1.82) is 0 Å². The van der Waals surface area contributed by atoms with E-state index in [9.17, 15) is 0 Å². The standard InChI is InChI=1S/C25H21N/c1-16-9-10-19-13-21-20-12-11-18(17-7-5-4-6-8-17)14-22(20)25(2,3)23(21)15-24(19)26-16/h4-15H,1-3H3. The highest BCUT2D eigenvalue weighted by Gasteiger charge is 2.36. The third-order valence-electron chi connectivity index (χ3n) is 5.73. The summed E-state index contributed by atoms with van der Waals surface area (Å²) >= 11 is 0. The summed E-state index contributed by atoms with van der Waals surface area (Å²) in [6, 6.07) is 26.4. The third-order valence-corrected chi connectivity index (χ3v) is 5.73. The first-order valence-corrected chi connectivity index (χ1v) is 9.16. The molecule has 1 heterocycles. The lowest BCUT2D eigenvalue weighted by Gasteiger charge is -2.22. The number of hydrogen-bond donors (Lipinski definition) is 0. The lowest BCUT2D eigenvalue weighted by molar-refractivity contribution is 0.661. The first-order valence-electron chi connectivity index (χ1n) is 9.16. The summed E-state index contributed by atoms with van der Waals surface area (Å²) in [5.74, 6) is 0. The van der Waals surface area contributed by atoms with Crippen molar-refractivity contribution in [3.63, 3.8) is 0 Å². The van der Waals surface area contributed by atoms with Crippen molar-refractivity contribution in [2.75, 3.05) is 0 Å². The normalized spacial score (nSPS) is 14.3. The number of fused-ring (bicyclic) bond motifs is 4. The predicted octanol–water partition coefficient (Wildman–Crippen LogP) is 6.52. The van der Waals surface area contributed by atoms with Crippen LogP contribution in [0.3, 0.4) is 0 Å². The van der Waals surface area contributed by atoms with E-state index >= 15 is 0 Å². The van der Waals surface area contributed by atoms with Gasteiger partial charge in [0, 0.05) is 16.5 Å². The van der Waals surface area contributed by atoms with Crippen LogP contribution in [-0.4, -0.2) is 4.98 Å². The van der Waals surface area contributed by atoms with Crippen molar-refractivity contribution in [3.05, 3.63) is 89.6 Å². The maximum absolute atomic E-state index is 4.75. The van der Waals surface area contributed by atoms with Gasteiger partial charge in [0.15, 0.2) is 0 Å². The minimum absolute atomic E-state index is 0.0188. The molecule has 1 nitrogen and oxygen atoms in total. The molecule has 26 heavy (non-hydrogen) atoms. The van der Waals surface area contributed by atoms with Crippen molar-refractivity contribution in [2.45, 2.75) is 26.2 Å². The molecule has 0 saturated heterocycles. The number of rotatable bonds is 1. The zero-order chi connectivity index (χ0) is 17.9. The van der Waals surface area contributed by atoms with Gasteiger partial charge in [0.25, 0.3) is 0 Å². The molecule has 0 aliphatic heterocycles. The molecule has 126 valence electrons. The minimum Gasteiger partial charge on any atom is -0.253 e. The van der Waals surface area contributed by atoms with Crippen LogP contribution in [0.2, 0.25) is 0 Å². The number of benzene rings is 3. The van der Waals surface area contributed by atoms with Gasteiger partial charge in [-0.15, -0.1) is 0 Å². The van der Waals surface area contributed by atoms with Crippen LogP contribution in [0.15, 0.2) is 72.8 Å². The van der Waals surface area contributed by atoms with E-state index in [1.807, 2.05) is 0 Å². The molecular weight excluding hydrogens is 314 g/mol. The van der Waals surface area contributed by atoms with Crippen LogP contribution in [0.4, 0.5) is 0 Å². The highest BCUT2D eigenvalue weighted by atomic mass is 14.7. The molecule has 0 unspecified atom stereocenters. The lowest BCUT2D eigenvalue weighted by Crippen LogP contribution is -2.15. The zero-order valence-electron chi connectivity index (χ0n) is 15.4. The Morgan fingerprint density at radius 2 is 1.46 bits per heavy atom. The van der Waals surface area contributed by atoms with Gasteiger partial charge in [-0.2, -0.15) is 0 Å². The summed E-state index contributed by atoms with van der Waals surface area (Å²) in [4.78, 5) is 4.75. The van der Waals surface area contributed by atoms with E-state index < -0.39 is 0 Å². The van der Waals surface area contributed by atoms with E-state index in [2.05, 4.69) is 93.6 Å². The Morgan fingerprint density at radius 1 is 0.692 bits per heavy atom. The van der Waals surface area contributed by atoms with Crippen LogP contribution in [0, 0.1) is 6.92 Å². The van der Waals surface area contributed by atoms with Gasteiger partial charge in [0.05, 0.1) is 5.52 Å². The second kappa shape index (κ2) is 5.28. The maximum atomic E-state index is 4.75. The summed E-state index contributed by atoms with van der Waals surface area (Å²) < 4.78 is 0. The number of nitrogens with zero attached hydrogens (tertiary/aromatic N) is 1. The molecule has 0 fully saturated rings. The molecular formula is C25H21N. The Bertz CT molecular complexity index is 1150. The molecule has 0 N–H and O–H groups in total. The van der Waals surface area contributed by atoms with Crippen molar-refractivity contribution in [2.24, 2.45) is 0 Å². The van der Waals surface area contributed by atoms with Crippen LogP contribution in [0.5, 0.6) is 0 Å². The van der Waals surface area contributed by atoms with Gasteiger partial charge in [-0.25, -0.2) is 0 Å². The lowest BCUT2D eigenvalue weighted by atomic mass is 9.81. The molecule has 0 radical (unpaired) electrons. The molecule has 5 rings (SSSR count). The SMILES string of the molecule is Cc1ccc2cc3c(cc2n1)C(C)(C)c1cc(-c2ccccc2)ccc1-3. The van der Waals surface area contributed by atoms with Crippen molar-refractivity contribution >= 4 is 10.9 Å². The van der Waals surface area contributed by atoms with Crippen LogP contribution in [0.25, 0.3) is 33.2 Å². The Labute approximate surface area is 154 Å². The van der Waals surface area contributed by atoms with Gasteiger partial charge in [0.2, 0.25) is 0 Å². The van der Waals surface area contributed by atoms with Gasteiger partial charge >= 0.3 is 0 Å². The van der Waals surface area contributed by atoms with E-state index in [0.29, 0.717) is 0 Å². The highest BCUT2D eigenvalue weighted by Crippen LogP contribution is 2.50. The molecule has 0 spiro atoms. The maximum Gasteiger partial charge on any atom is 0.0708 e. The van der Waals surface area contributed by atoms with E-state index in [-0.39, 0.29) is 5.41 Å². The predicted molar refractivity (Wildman–Crippen MR) is 109 cm³/mol. The van der Waals surface area contributed by atoms with Crippen LogP contribution < -0.4 is 0 Å². The molecule has 0 amide bonds. The number of pyridine rings is 1. The smallest absolute Gasteiger partial charge is 0.0708 e. The third kappa shape index (κ3) is 2.13. The number of aryl methyl sites for hydroxylation is 1. The van der Waals surface area contributed by atoms with Gasteiger partial charge in [-0.3, -0.25) is 4.98 Å². The van der Waals surface area contributed by atoms with Crippen LogP contribution in [-0.2, 0) is 5.41 Å². The molecule has 4 aromatic rings. The Hall–Kier alpha value is -2.93. The molecule has 1 aliphatic rings.